The second-order valence-electron chi connectivity index (χ2n) is 2.59. The van der Waals surface area contributed by atoms with Gasteiger partial charge in [0.15, 0.2) is 0 Å². The fourth-order valence-corrected chi connectivity index (χ4v) is 1.05. The minimum atomic E-state index is -0.406. The third kappa shape index (κ3) is 2.32. The van der Waals surface area contributed by atoms with Crippen LogP contribution in [-0.2, 0) is 4.74 Å². The number of rotatable bonds is 4. The molecule has 0 aromatic carbocycles. The normalized spacial score (nSPS) is 12.5. The monoisotopic (exact) mass is 180 g/mol. The highest BCUT2D eigenvalue weighted by Crippen LogP contribution is 2.04. The molecule has 0 saturated carbocycles. The highest BCUT2D eigenvalue weighted by molar-refractivity contribution is 5.97. The van der Waals surface area contributed by atoms with Crippen molar-refractivity contribution in [3.63, 3.8) is 0 Å². The van der Waals surface area contributed by atoms with Crippen LogP contribution in [0.2, 0.25) is 0 Å². The number of hydrogen-bond acceptors (Lipinski definition) is 4. The van der Waals surface area contributed by atoms with Crippen molar-refractivity contribution < 1.29 is 9.53 Å². The zero-order valence-electron chi connectivity index (χ0n) is 7.73. The van der Waals surface area contributed by atoms with Gasteiger partial charge in [-0.1, -0.05) is 6.92 Å². The number of hydrogen-bond donors (Lipinski definition) is 0. The number of carbonyl (C=O) groups is 1. The van der Waals surface area contributed by atoms with Crippen molar-refractivity contribution >= 4 is 5.78 Å². The number of ketones is 1. The van der Waals surface area contributed by atoms with Crippen molar-refractivity contribution in [2.45, 2.75) is 19.4 Å². The summed E-state index contributed by atoms with van der Waals surface area (Å²) in [6.45, 7) is 1.89. The SMILES string of the molecule is CCC(OC)C(=O)c1cnccn1. The molecule has 70 valence electrons. The molecule has 0 aliphatic rings. The van der Waals surface area contributed by atoms with E-state index in [2.05, 4.69) is 9.97 Å². The van der Waals surface area contributed by atoms with E-state index in [-0.39, 0.29) is 5.78 Å². The Morgan fingerprint density at radius 1 is 1.62 bits per heavy atom. The average Bonchev–Trinajstić information content (AvgIpc) is 2.21. The molecule has 13 heavy (non-hydrogen) atoms. The zero-order valence-corrected chi connectivity index (χ0v) is 7.73. The predicted molar refractivity (Wildman–Crippen MR) is 47.5 cm³/mol. The molecule has 0 amide bonds. The highest BCUT2D eigenvalue weighted by Gasteiger charge is 2.18. The van der Waals surface area contributed by atoms with E-state index in [1.807, 2.05) is 6.92 Å². The molecule has 1 rings (SSSR count). The minimum Gasteiger partial charge on any atom is -0.373 e. The van der Waals surface area contributed by atoms with Gasteiger partial charge in [0.2, 0.25) is 5.78 Å². The fourth-order valence-electron chi connectivity index (χ4n) is 1.05. The smallest absolute Gasteiger partial charge is 0.211 e. The Kier molecular flexibility index (Phi) is 3.52. The van der Waals surface area contributed by atoms with Crippen molar-refractivity contribution in [2.75, 3.05) is 7.11 Å². The van der Waals surface area contributed by atoms with Crippen molar-refractivity contribution in [3.05, 3.63) is 24.3 Å². The summed E-state index contributed by atoms with van der Waals surface area (Å²) in [5, 5.41) is 0. The van der Waals surface area contributed by atoms with Crippen LogP contribution >= 0.6 is 0 Å². The molecule has 1 aromatic rings. The Morgan fingerprint density at radius 3 is 2.85 bits per heavy atom. The highest BCUT2D eigenvalue weighted by atomic mass is 16.5. The van der Waals surface area contributed by atoms with Crippen LogP contribution in [0.15, 0.2) is 18.6 Å². The van der Waals surface area contributed by atoms with Gasteiger partial charge in [0.1, 0.15) is 11.8 Å². The van der Waals surface area contributed by atoms with Crippen LogP contribution in [0.1, 0.15) is 23.8 Å². The Bertz CT molecular complexity index is 270. The topological polar surface area (TPSA) is 52.1 Å². The number of Topliss-reactive ketones (excluding diaryl/α,β-unsaturated/α-hetero) is 1. The summed E-state index contributed by atoms with van der Waals surface area (Å²) in [7, 11) is 1.52. The van der Waals surface area contributed by atoms with Crippen LogP contribution in [0.3, 0.4) is 0 Å². The van der Waals surface area contributed by atoms with E-state index in [0.717, 1.165) is 0 Å². The van der Waals surface area contributed by atoms with Gasteiger partial charge in [-0.3, -0.25) is 9.78 Å². The van der Waals surface area contributed by atoms with Crippen LogP contribution in [0.25, 0.3) is 0 Å². The first kappa shape index (κ1) is 9.80. The van der Waals surface area contributed by atoms with E-state index in [0.29, 0.717) is 12.1 Å². The maximum absolute atomic E-state index is 11.6. The van der Waals surface area contributed by atoms with Gasteiger partial charge in [-0.2, -0.15) is 0 Å². The second kappa shape index (κ2) is 4.67. The first-order valence-electron chi connectivity index (χ1n) is 4.12. The Morgan fingerprint density at radius 2 is 2.38 bits per heavy atom. The maximum atomic E-state index is 11.6. The van der Waals surface area contributed by atoms with Gasteiger partial charge in [0.05, 0.1) is 6.20 Å². The Labute approximate surface area is 77.0 Å². The number of nitrogens with zero attached hydrogens (tertiary/aromatic N) is 2. The number of ether oxygens (including phenoxy) is 1. The summed E-state index contributed by atoms with van der Waals surface area (Å²) in [5.41, 5.74) is 0.358. The summed E-state index contributed by atoms with van der Waals surface area (Å²) in [6, 6.07) is 0. The zero-order chi connectivity index (χ0) is 9.68. The lowest BCUT2D eigenvalue weighted by atomic mass is 10.1. The molecule has 0 spiro atoms. The van der Waals surface area contributed by atoms with E-state index < -0.39 is 6.10 Å². The van der Waals surface area contributed by atoms with Gasteiger partial charge in [0.25, 0.3) is 0 Å². The minimum absolute atomic E-state index is 0.113. The average molecular weight is 180 g/mol. The lowest BCUT2D eigenvalue weighted by molar-refractivity contribution is 0.0590. The standard InChI is InChI=1S/C9H12N2O2/c1-3-8(13-2)9(12)7-6-10-4-5-11-7/h4-6,8H,3H2,1-2H3. The van der Waals surface area contributed by atoms with Crippen LogP contribution < -0.4 is 0 Å². The molecule has 0 radical (unpaired) electrons. The summed E-state index contributed by atoms with van der Waals surface area (Å²) < 4.78 is 5.00. The molecule has 1 unspecified atom stereocenters. The molecule has 0 saturated heterocycles. The third-order valence-electron chi connectivity index (χ3n) is 1.76. The van der Waals surface area contributed by atoms with Crippen molar-refractivity contribution in [3.8, 4) is 0 Å². The van der Waals surface area contributed by atoms with Gasteiger partial charge >= 0.3 is 0 Å². The number of methoxy groups -OCH3 is 1. The van der Waals surface area contributed by atoms with Gasteiger partial charge in [0, 0.05) is 19.5 Å². The molecular formula is C9H12N2O2. The Balaban J connectivity index is 2.78. The Hall–Kier alpha value is -1.29. The molecule has 1 atom stereocenters. The van der Waals surface area contributed by atoms with Crippen molar-refractivity contribution in [1.29, 1.82) is 0 Å². The maximum Gasteiger partial charge on any atom is 0.211 e. The summed E-state index contributed by atoms with van der Waals surface area (Å²) >= 11 is 0. The van der Waals surface area contributed by atoms with E-state index in [4.69, 9.17) is 4.74 Å². The fraction of sp³-hybridized carbons (Fsp3) is 0.444. The molecule has 0 aliphatic carbocycles. The van der Waals surface area contributed by atoms with Crippen molar-refractivity contribution in [1.82, 2.24) is 9.97 Å². The van der Waals surface area contributed by atoms with Crippen LogP contribution in [-0.4, -0.2) is 29.0 Å². The quantitative estimate of drug-likeness (QED) is 0.651. The first-order chi connectivity index (χ1) is 6.29. The molecule has 4 nitrogen and oxygen atoms in total. The molecular weight excluding hydrogens is 168 g/mol. The van der Waals surface area contributed by atoms with E-state index >= 15 is 0 Å². The van der Waals surface area contributed by atoms with E-state index in [1.165, 1.54) is 25.7 Å². The van der Waals surface area contributed by atoms with Gasteiger partial charge in [-0.25, -0.2) is 4.98 Å². The van der Waals surface area contributed by atoms with Crippen LogP contribution in [0.4, 0.5) is 0 Å². The van der Waals surface area contributed by atoms with Crippen LogP contribution in [0.5, 0.6) is 0 Å². The lowest BCUT2D eigenvalue weighted by Crippen LogP contribution is -2.23. The largest absolute Gasteiger partial charge is 0.373 e. The number of carbonyl (C=O) groups excluding carboxylic acids is 1. The summed E-state index contributed by atoms with van der Waals surface area (Å²) in [6.07, 6.45) is 4.72. The van der Waals surface area contributed by atoms with Gasteiger partial charge in [-0.05, 0) is 6.42 Å². The molecule has 0 aliphatic heterocycles. The van der Waals surface area contributed by atoms with Gasteiger partial charge in [-0.15, -0.1) is 0 Å². The lowest BCUT2D eigenvalue weighted by Gasteiger charge is -2.09. The predicted octanol–water partition coefficient (Wildman–Crippen LogP) is 1.08. The third-order valence-corrected chi connectivity index (χ3v) is 1.76. The number of aromatic nitrogens is 2. The summed E-state index contributed by atoms with van der Waals surface area (Å²) in [4.78, 5) is 19.3. The van der Waals surface area contributed by atoms with E-state index in [1.54, 1.807) is 0 Å². The molecule has 1 heterocycles. The first-order valence-corrected chi connectivity index (χ1v) is 4.12. The molecule has 1 aromatic heterocycles. The van der Waals surface area contributed by atoms with E-state index in [9.17, 15) is 4.79 Å². The van der Waals surface area contributed by atoms with Crippen LogP contribution in [0, 0.1) is 0 Å². The molecule has 0 N–H and O–H groups in total. The summed E-state index contributed by atoms with van der Waals surface area (Å²) in [5.74, 6) is -0.113. The molecule has 4 heteroatoms. The molecule has 0 fully saturated rings. The van der Waals surface area contributed by atoms with Crippen molar-refractivity contribution in [2.24, 2.45) is 0 Å². The second-order valence-corrected chi connectivity index (χ2v) is 2.59. The van der Waals surface area contributed by atoms with Gasteiger partial charge < -0.3 is 4.74 Å². The molecule has 0 bridgehead atoms.